The molecule has 2 aromatic carbocycles. The van der Waals surface area contributed by atoms with Gasteiger partial charge in [-0.15, -0.1) is 0 Å². The highest BCUT2D eigenvalue weighted by atomic mass is 16.6. The van der Waals surface area contributed by atoms with Crippen LogP contribution in [0.2, 0.25) is 0 Å². The van der Waals surface area contributed by atoms with Crippen molar-refractivity contribution in [1.29, 1.82) is 0 Å². The first-order valence-corrected chi connectivity index (χ1v) is 8.13. The Hall–Kier alpha value is -3.48. The van der Waals surface area contributed by atoms with Crippen LogP contribution in [0.3, 0.4) is 0 Å². The number of nitrogens with one attached hydrogen (secondary N) is 2. The van der Waals surface area contributed by atoms with E-state index < -0.39 is 0 Å². The molecule has 0 unspecified atom stereocenters. The fraction of sp³-hybridized carbons (Fsp3) is 0.158. The number of rotatable bonds is 4. The number of hydrogen-bond acceptors (Lipinski definition) is 5. The van der Waals surface area contributed by atoms with Gasteiger partial charge < -0.3 is 19.5 Å². The second-order valence-electron chi connectivity index (χ2n) is 5.70. The van der Waals surface area contributed by atoms with Crippen LogP contribution in [0, 0.1) is 0 Å². The quantitative estimate of drug-likeness (QED) is 0.754. The van der Waals surface area contributed by atoms with Crippen LogP contribution in [-0.4, -0.2) is 36.4 Å². The summed E-state index contributed by atoms with van der Waals surface area (Å²) in [6.45, 7) is 1.04. The Balaban J connectivity index is 1.59. The van der Waals surface area contributed by atoms with Crippen molar-refractivity contribution in [3.8, 4) is 28.5 Å². The predicted molar refractivity (Wildman–Crippen MR) is 96.0 cm³/mol. The zero-order chi connectivity index (χ0) is 17.9. The van der Waals surface area contributed by atoms with Crippen LogP contribution >= 0.6 is 0 Å². The lowest BCUT2D eigenvalue weighted by molar-refractivity contribution is 0.102. The number of carbonyl (C=O) groups is 1. The highest BCUT2D eigenvalue weighted by molar-refractivity contribution is 6.08. The molecule has 0 radical (unpaired) electrons. The molecule has 1 amide bonds. The average Bonchev–Trinajstić information content (AvgIpc) is 3.18. The van der Waals surface area contributed by atoms with E-state index in [9.17, 15) is 4.79 Å². The third-order valence-corrected chi connectivity index (χ3v) is 4.06. The number of carbonyl (C=O) groups excluding carboxylic acids is 1. The third-order valence-electron chi connectivity index (χ3n) is 4.06. The van der Waals surface area contributed by atoms with Crippen molar-refractivity contribution in [1.82, 2.24) is 10.2 Å². The van der Waals surface area contributed by atoms with E-state index in [4.69, 9.17) is 14.2 Å². The molecule has 26 heavy (non-hydrogen) atoms. The smallest absolute Gasteiger partial charge is 0.259 e. The highest BCUT2D eigenvalue weighted by Gasteiger charge is 2.18. The largest absolute Gasteiger partial charge is 0.497 e. The van der Waals surface area contributed by atoms with Gasteiger partial charge in [-0.05, 0) is 42.5 Å². The molecule has 4 rings (SSSR count). The lowest BCUT2D eigenvalue weighted by atomic mass is 10.1. The molecule has 0 spiro atoms. The maximum atomic E-state index is 12.7. The van der Waals surface area contributed by atoms with Gasteiger partial charge in [0.25, 0.3) is 5.91 Å². The van der Waals surface area contributed by atoms with Crippen molar-refractivity contribution >= 4 is 11.6 Å². The van der Waals surface area contributed by atoms with E-state index in [1.807, 2.05) is 18.2 Å². The van der Waals surface area contributed by atoms with Crippen LogP contribution in [0.4, 0.5) is 5.69 Å². The summed E-state index contributed by atoms with van der Waals surface area (Å²) in [7, 11) is 1.60. The number of aromatic nitrogens is 2. The maximum absolute atomic E-state index is 12.7. The molecule has 0 aliphatic carbocycles. The Morgan fingerprint density at radius 1 is 1.12 bits per heavy atom. The minimum atomic E-state index is -0.256. The topological polar surface area (TPSA) is 85.5 Å². The van der Waals surface area contributed by atoms with Gasteiger partial charge in [0.2, 0.25) is 0 Å². The molecule has 1 aromatic heterocycles. The summed E-state index contributed by atoms with van der Waals surface area (Å²) in [4.78, 5) is 12.7. The summed E-state index contributed by atoms with van der Waals surface area (Å²) in [6.07, 6.45) is 1.50. The minimum absolute atomic E-state index is 0.256. The maximum Gasteiger partial charge on any atom is 0.259 e. The number of ether oxygens (including phenoxy) is 3. The number of methoxy groups -OCH3 is 1. The van der Waals surface area contributed by atoms with E-state index in [1.165, 1.54) is 6.20 Å². The molecule has 1 aliphatic heterocycles. The zero-order valence-corrected chi connectivity index (χ0v) is 14.1. The SMILES string of the molecule is COc1ccc(NC(=O)c2cn[nH]c2-c2ccc3c(c2)OCCO3)cc1. The molecule has 7 nitrogen and oxygen atoms in total. The number of fused-ring (bicyclic) bond motifs is 1. The van der Waals surface area contributed by atoms with Gasteiger partial charge in [-0.3, -0.25) is 9.89 Å². The van der Waals surface area contributed by atoms with Crippen molar-refractivity contribution in [2.75, 3.05) is 25.6 Å². The molecule has 1 aliphatic rings. The van der Waals surface area contributed by atoms with Gasteiger partial charge in [0.15, 0.2) is 11.5 Å². The molecule has 3 aromatic rings. The van der Waals surface area contributed by atoms with Crippen LogP contribution in [0.5, 0.6) is 17.2 Å². The summed E-state index contributed by atoms with van der Waals surface area (Å²) in [5.41, 5.74) is 2.53. The summed E-state index contributed by atoms with van der Waals surface area (Å²) < 4.78 is 16.3. The molecule has 0 fully saturated rings. The van der Waals surface area contributed by atoms with Crippen LogP contribution in [0.15, 0.2) is 48.7 Å². The number of amides is 1. The van der Waals surface area contributed by atoms with E-state index in [1.54, 1.807) is 31.4 Å². The Kier molecular flexibility index (Phi) is 4.18. The fourth-order valence-corrected chi connectivity index (χ4v) is 2.75. The normalized spacial score (nSPS) is 12.5. The summed E-state index contributed by atoms with van der Waals surface area (Å²) in [5.74, 6) is 1.82. The molecular formula is C19H17N3O4. The van der Waals surface area contributed by atoms with E-state index in [-0.39, 0.29) is 5.91 Å². The first kappa shape index (κ1) is 16.0. The van der Waals surface area contributed by atoms with Gasteiger partial charge in [-0.1, -0.05) is 0 Å². The standard InChI is InChI=1S/C19H17N3O4/c1-24-14-5-3-13(4-6-14)21-19(23)15-11-20-22-18(15)12-2-7-16-17(10-12)26-9-8-25-16/h2-7,10-11H,8-9H2,1H3,(H,20,22)(H,21,23). The van der Waals surface area contributed by atoms with Gasteiger partial charge in [0.1, 0.15) is 19.0 Å². The van der Waals surface area contributed by atoms with Gasteiger partial charge in [-0.25, -0.2) is 0 Å². The lowest BCUT2D eigenvalue weighted by Crippen LogP contribution is -2.15. The van der Waals surface area contributed by atoms with Crippen LogP contribution in [0.25, 0.3) is 11.3 Å². The van der Waals surface area contributed by atoms with Crippen molar-refractivity contribution in [3.05, 3.63) is 54.2 Å². The Morgan fingerprint density at radius 3 is 2.65 bits per heavy atom. The number of H-pyrrole nitrogens is 1. The molecule has 132 valence electrons. The predicted octanol–water partition coefficient (Wildman–Crippen LogP) is 3.11. The first-order chi connectivity index (χ1) is 12.7. The summed E-state index contributed by atoms with van der Waals surface area (Å²) in [5, 5.41) is 9.77. The van der Waals surface area contributed by atoms with Crippen molar-refractivity contribution in [3.63, 3.8) is 0 Å². The van der Waals surface area contributed by atoms with Crippen molar-refractivity contribution in [2.45, 2.75) is 0 Å². The second-order valence-corrected chi connectivity index (χ2v) is 5.70. The second kappa shape index (κ2) is 6.79. The number of nitrogens with zero attached hydrogens (tertiary/aromatic N) is 1. The molecule has 0 bridgehead atoms. The number of hydrogen-bond donors (Lipinski definition) is 2. The molecule has 7 heteroatoms. The van der Waals surface area contributed by atoms with E-state index in [0.29, 0.717) is 41.7 Å². The van der Waals surface area contributed by atoms with Crippen molar-refractivity contribution in [2.24, 2.45) is 0 Å². The van der Waals surface area contributed by atoms with Gasteiger partial charge in [-0.2, -0.15) is 5.10 Å². The minimum Gasteiger partial charge on any atom is -0.497 e. The van der Waals surface area contributed by atoms with Crippen LogP contribution < -0.4 is 19.5 Å². The Labute approximate surface area is 149 Å². The van der Waals surface area contributed by atoms with E-state index in [0.717, 1.165) is 11.3 Å². The lowest BCUT2D eigenvalue weighted by Gasteiger charge is -2.18. The number of aromatic amines is 1. The zero-order valence-electron chi connectivity index (χ0n) is 14.1. The third kappa shape index (κ3) is 3.06. The van der Waals surface area contributed by atoms with E-state index >= 15 is 0 Å². The van der Waals surface area contributed by atoms with Gasteiger partial charge >= 0.3 is 0 Å². The molecule has 2 N–H and O–H groups in total. The average molecular weight is 351 g/mol. The molecular weight excluding hydrogens is 334 g/mol. The van der Waals surface area contributed by atoms with Crippen molar-refractivity contribution < 1.29 is 19.0 Å². The fourth-order valence-electron chi connectivity index (χ4n) is 2.75. The Morgan fingerprint density at radius 2 is 1.88 bits per heavy atom. The monoisotopic (exact) mass is 351 g/mol. The van der Waals surface area contributed by atoms with Crippen LogP contribution in [-0.2, 0) is 0 Å². The van der Waals surface area contributed by atoms with Gasteiger partial charge in [0.05, 0.1) is 24.6 Å². The Bertz CT molecular complexity index is 934. The first-order valence-electron chi connectivity index (χ1n) is 8.13. The highest BCUT2D eigenvalue weighted by Crippen LogP contribution is 2.35. The number of benzene rings is 2. The molecule has 2 heterocycles. The number of anilines is 1. The molecule has 0 saturated heterocycles. The summed E-state index contributed by atoms with van der Waals surface area (Å²) >= 11 is 0. The molecule has 0 saturated carbocycles. The van der Waals surface area contributed by atoms with Crippen LogP contribution in [0.1, 0.15) is 10.4 Å². The molecule has 0 atom stereocenters. The van der Waals surface area contributed by atoms with Gasteiger partial charge in [0, 0.05) is 11.3 Å². The summed E-state index contributed by atoms with van der Waals surface area (Å²) in [6, 6.07) is 12.7. The van der Waals surface area contributed by atoms with E-state index in [2.05, 4.69) is 15.5 Å².